The van der Waals surface area contributed by atoms with Crippen LogP contribution in [0, 0.1) is 0 Å². The number of carbonyl (C=O) groups is 1. The predicted octanol–water partition coefficient (Wildman–Crippen LogP) is -0.625. The van der Waals surface area contributed by atoms with Gasteiger partial charge in [0.25, 0.3) is 0 Å². The lowest BCUT2D eigenvalue weighted by Crippen LogP contribution is -2.27. The Labute approximate surface area is 49.0 Å². The zero-order chi connectivity index (χ0) is 6.15. The van der Waals surface area contributed by atoms with E-state index in [-0.39, 0.29) is 12.1 Å². The summed E-state index contributed by atoms with van der Waals surface area (Å²) in [5.74, 6) is 0. The number of carbonyl (C=O) groups excluding carboxylic acids is 1. The third-order valence-electron chi connectivity index (χ3n) is 1.40. The van der Waals surface area contributed by atoms with Crippen LogP contribution in [-0.2, 0) is 4.74 Å². The average Bonchev–Trinajstić information content (AvgIpc) is 1.98. The third-order valence-corrected chi connectivity index (χ3v) is 1.40. The Balaban J connectivity index is 2.56. The minimum absolute atomic E-state index is 0.211. The van der Waals surface area contributed by atoms with E-state index in [9.17, 15) is 4.79 Å². The fourth-order valence-corrected chi connectivity index (χ4v) is 0.585. The molecule has 1 saturated heterocycles. The number of cyclic esters (lactones) is 1. The van der Waals surface area contributed by atoms with Crippen LogP contribution in [0.5, 0.6) is 0 Å². The molecule has 1 fully saturated rings. The monoisotopic (exact) mass is 113 g/mol. The van der Waals surface area contributed by atoms with Gasteiger partial charge in [-0.2, -0.15) is 0 Å². The molecule has 1 heterocycles. The maximum atomic E-state index is 10.5. The van der Waals surface area contributed by atoms with Crippen LogP contribution >= 0.6 is 0 Å². The molecule has 4 heteroatoms. The molecule has 0 aromatic rings. The molecule has 1 atom stereocenters. The van der Waals surface area contributed by atoms with Crippen molar-refractivity contribution in [3.8, 4) is 0 Å². The molecule has 0 spiro atoms. The molecule has 0 aromatic heterocycles. The van der Waals surface area contributed by atoms with E-state index in [0.717, 1.165) is 0 Å². The van der Waals surface area contributed by atoms with E-state index in [2.05, 4.69) is 4.74 Å². The van der Waals surface area contributed by atoms with Crippen molar-refractivity contribution in [3.63, 3.8) is 0 Å². The number of hydrogen-bond acceptors (Lipinski definition) is 2. The van der Waals surface area contributed by atoms with Gasteiger partial charge in [-0.25, -0.2) is 4.79 Å². The molecular formula is C4H8BNO2. The first-order valence-electron chi connectivity index (χ1n) is 2.61. The van der Waals surface area contributed by atoms with E-state index >= 15 is 0 Å². The SMILES string of the molecule is BN1C(=O)OCC1C. The first kappa shape index (κ1) is 5.47. The number of rotatable bonds is 0. The molecule has 1 unspecified atom stereocenters. The third kappa shape index (κ3) is 0.659. The molecule has 44 valence electrons. The van der Waals surface area contributed by atoms with Crippen molar-refractivity contribution in [1.82, 2.24) is 4.81 Å². The zero-order valence-electron chi connectivity index (χ0n) is 5.05. The maximum Gasteiger partial charge on any atom is 0.397 e. The Bertz CT molecular complexity index is 117. The fraction of sp³-hybridized carbons (Fsp3) is 0.750. The molecule has 0 aliphatic carbocycles. The van der Waals surface area contributed by atoms with Crippen molar-refractivity contribution >= 4 is 14.1 Å². The zero-order valence-corrected chi connectivity index (χ0v) is 5.05. The van der Waals surface area contributed by atoms with Crippen LogP contribution in [0.25, 0.3) is 0 Å². The van der Waals surface area contributed by atoms with Crippen molar-refractivity contribution in [1.29, 1.82) is 0 Å². The number of ether oxygens (including phenoxy) is 1. The molecule has 0 N–H and O–H groups in total. The van der Waals surface area contributed by atoms with Crippen LogP contribution in [0.1, 0.15) is 6.92 Å². The van der Waals surface area contributed by atoms with Crippen molar-refractivity contribution in [2.45, 2.75) is 13.0 Å². The number of nitrogens with zero attached hydrogens (tertiary/aromatic N) is 1. The molecule has 1 amide bonds. The first-order valence-corrected chi connectivity index (χ1v) is 2.61. The highest BCUT2D eigenvalue weighted by atomic mass is 16.6. The highest BCUT2D eigenvalue weighted by molar-refractivity contribution is 6.13. The molecule has 1 rings (SSSR count). The lowest BCUT2D eigenvalue weighted by atomic mass is 10.2. The molecular weight excluding hydrogens is 105 g/mol. The van der Waals surface area contributed by atoms with Crippen LogP contribution < -0.4 is 0 Å². The summed E-state index contributed by atoms with van der Waals surface area (Å²) in [7, 11) is 1.74. The lowest BCUT2D eigenvalue weighted by Gasteiger charge is -2.08. The highest BCUT2D eigenvalue weighted by Crippen LogP contribution is 2.06. The molecule has 1 aliphatic heterocycles. The topological polar surface area (TPSA) is 29.5 Å². The molecule has 0 bridgehead atoms. The Morgan fingerprint density at radius 1 is 2.00 bits per heavy atom. The summed E-state index contributed by atoms with van der Waals surface area (Å²) in [6.07, 6.45) is -0.211. The van der Waals surface area contributed by atoms with Gasteiger partial charge in [-0.15, -0.1) is 0 Å². The maximum absolute atomic E-state index is 10.5. The van der Waals surface area contributed by atoms with Gasteiger partial charge in [-0.3, -0.25) is 0 Å². The largest absolute Gasteiger partial charge is 0.448 e. The molecule has 3 nitrogen and oxygen atoms in total. The molecule has 1 aliphatic rings. The van der Waals surface area contributed by atoms with Gasteiger partial charge in [-0.1, -0.05) is 0 Å². The van der Waals surface area contributed by atoms with E-state index in [1.807, 2.05) is 6.92 Å². The van der Waals surface area contributed by atoms with Gasteiger partial charge in [0.2, 0.25) is 7.98 Å². The van der Waals surface area contributed by atoms with Crippen molar-refractivity contribution in [3.05, 3.63) is 0 Å². The summed E-state index contributed by atoms with van der Waals surface area (Å²) < 4.78 is 4.66. The Morgan fingerprint density at radius 2 is 2.62 bits per heavy atom. The van der Waals surface area contributed by atoms with E-state index < -0.39 is 0 Å². The van der Waals surface area contributed by atoms with Crippen LogP contribution in [0.3, 0.4) is 0 Å². The summed E-state index contributed by atoms with van der Waals surface area (Å²) >= 11 is 0. The highest BCUT2D eigenvalue weighted by Gasteiger charge is 2.24. The molecule has 0 aromatic carbocycles. The summed E-state index contributed by atoms with van der Waals surface area (Å²) in [6.45, 7) is 2.49. The van der Waals surface area contributed by atoms with Crippen LogP contribution in [-0.4, -0.2) is 31.5 Å². The second kappa shape index (κ2) is 1.69. The lowest BCUT2D eigenvalue weighted by molar-refractivity contribution is 0.170. The van der Waals surface area contributed by atoms with Gasteiger partial charge in [0, 0.05) is 0 Å². The fourth-order valence-electron chi connectivity index (χ4n) is 0.585. The average molecular weight is 113 g/mol. The number of amides is 1. The van der Waals surface area contributed by atoms with Crippen LogP contribution in [0.2, 0.25) is 0 Å². The predicted molar refractivity (Wildman–Crippen MR) is 31.2 cm³/mol. The van der Waals surface area contributed by atoms with Gasteiger partial charge in [0.15, 0.2) is 0 Å². The van der Waals surface area contributed by atoms with Crippen molar-refractivity contribution < 1.29 is 9.53 Å². The van der Waals surface area contributed by atoms with E-state index in [4.69, 9.17) is 0 Å². The minimum Gasteiger partial charge on any atom is -0.448 e. The Kier molecular flexibility index (Phi) is 1.15. The quantitative estimate of drug-likeness (QED) is 0.391. The second-order valence-electron chi connectivity index (χ2n) is 2.04. The van der Waals surface area contributed by atoms with Gasteiger partial charge in [0.05, 0.1) is 6.04 Å². The summed E-state index contributed by atoms with van der Waals surface area (Å²) in [6, 6.07) is 0.252. The minimum atomic E-state index is -0.211. The standard InChI is InChI=1S/C4H8BNO2/c1-3-2-8-4(7)6(3)5/h3H,2,5H2,1H3. The van der Waals surface area contributed by atoms with Crippen LogP contribution in [0.4, 0.5) is 4.79 Å². The van der Waals surface area contributed by atoms with Crippen molar-refractivity contribution in [2.24, 2.45) is 0 Å². The molecule has 0 radical (unpaired) electrons. The van der Waals surface area contributed by atoms with E-state index in [0.29, 0.717) is 6.61 Å². The van der Waals surface area contributed by atoms with E-state index in [1.165, 1.54) is 0 Å². The van der Waals surface area contributed by atoms with Crippen LogP contribution in [0.15, 0.2) is 0 Å². The van der Waals surface area contributed by atoms with Gasteiger partial charge in [-0.05, 0) is 6.92 Å². The molecule has 0 saturated carbocycles. The van der Waals surface area contributed by atoms with Gasteiger partial charge in [0.1, 0.15) is 6.61 Å². The summed E-state index contributed by atoms with van der Waals surface area (Å²) in [5, 5.41) is 0. The van der Waals surface area contributed by atoms with E-state index in [1.54, 1.807) is 12.8 Å². The summed E-state index contributed by atoms with van der Waals surface area (Å²) in [5.41, 5.74) is 0. The normalized spacial score (nSPS) is 28.4. The summed E-state index contributed by atoms with van der Waals surface area (Å²) in [4.78, 5) is 12.1. The van der Waals surface area contributed by atoms with Crippen molar-refractivity contribution in [2.75, 3.05) is 6.61 Å². The van der Waals surface area contributed by atoms with Gasteiger partial charge < -0.3 is 9.55 Å². The number of hydrogen-bond donors (Lipinski definition) is 0. The van der Waals surface area contributed by atoms with Gasteiger partial charge >= 0.3 is 6.09 Å². The Morgan fingerprint density at radius 3 is 2.75 bits per heavy atom. The first-order chi connectivity index (χ1) is 3.72. The smallest absolute Gasteiger partial charge is 0.397 e. The second-order valence-corrected chi connectivity index (χ2v) is 2.04. The Hall–Kier alpha value is -0.665. The molecule has 8 heavy (non-hydrogen) atoms.